The van der Waals surface area contributed by atoms with Crippen LogP contribution in [-0.2, 0) is 57.2 Å². The molecule has 13 atom stereocenters. The number of carboxylic acid groups (broad SMARTS) is 1. The molecule has 368 valence electrons. The fraction of sp³-hybridized carbons (Fsp3) is 0.490. The Morgan fingerprint density at radius 3 is 1.96 bits per heavy atom. The van der Waals surface area contributed by atoms with E-state index < -0.39 is 149 Å². The Morgan fingerprint density at radius 2 is 1.41 bits per heavy atom. The number of amides is 1. The number of esters is 5. The lowest BCUT2D eigenvalue weighted by Crippen LogP contribution is -2.83. The molecule has 3 aromatic rings. The second-order valence-corrected chi connectivity index (χ2v) is 19.2. The molecule has 7 rings (SSSR count). The van der Waals surface area contributed by atoms with Crippen molar-refractivity contribution < 1.29 is 82.1 Å². The zero-order chi connectivity index (χ0) is 50.2. The largest absolute Gasteiger partial charge is 0.481 e. The Balaban J connectivity index is 1.40. The fourth-order valence-corrected chi connectivity index (χ4v) is 11.3. The standard InChI is InChI=1S/C51H57NO17/c1-27-33(66-47(62)41(67-37(58)23-22-36(56)57)39(30-16-10-7-11-17-30)52-45(60)31-18-12-8-13-19-31)25-51(63)44(68-46(61)32-20-14-9-15-21-32)42-49(6,34(55)24-35-50(42,26-64-35)69-29(3)54)43(59)40(65-28(2)53)38(27)48(51,4)5/h7-21,27,33-35,38-42,44,55,63H,22-26H2,1-6H3,(H,52,60)(H,56,57)/t27?,33-,34-,35+,38-,39-,40+,41+,42+,44+,49+,50?,51+/m0/s1. The molecule has 69 heavy (non-hydrogen) atoms. The molecule has 1 amide bonds. The Labute approximate surface area is 397 Å². The van der Waals surface area contributed by atoms with Gasteiger partial charge >= 0.3 is 35.8 Å². The minimum Gasteiger partial charge on any atom is -0.481 e. The molecule has 1 saturated heterocycles. The lowest BCUT2D eigenvalue weighted by atomic mass is 9.42. The van der Waals surface area contributed by atoms with Crippen molar-refractivity contribution in [2.75, 3.05) is 6.61 Å². The average molecular weight is 956 g/mol. The maximum absolute atomic E-state index is 15.7. The summed E-state index contributed by atoms with van der Waals surface area (Å²) in [6, 6.07) is 22.2. The minimum atomic E-state index is -2.44. The lowest BCUT2D eigenvalue weighted by molar-refractivity contribution is -0.355. The van der Waals surface area contributed by atoms with Crippen LogP contribution in [0.15, 0.2) is 91.0 Å². The highest BCUT2D eigenvalue weighted by Gasteiger charge is 2.79. The number of nitrogens with one attached hydrogen (secondary N) is 1. The number of carboxylic acids is 1. The van der Waals surface area contributed by atoms with Crippen LogP contribution in [0.25, 0.3) is 0 Å². The summed E-state index contributed by atoms with van der Waals surface area (Å²) in [6.07, 6.45) is -12.0. The maximum atomic E-state index is 15.7. The van der Waals surface area contributed by atoms with Crippen LogP contribution in [0.4, 0.5) is 0 Å². The van der Waals surface area contributed by atoms with Crippen molar-refractivity contribution in [2.45, 2.75) is 121 Å². The number of Topliss-reactive ketones (excluding diaryl/α,β-unsaturated/α-hetero) is 1. The van der Waals surface area contributed by atoms with Crippen LogP contribution in [0, 0.1) is 28.6 Å². The number of aliphatic hydroxyl groups is 2. The number of rotatable bonds is 14. The monoisotopic (exact) mass is 955 g/mol. The van der Waals surface area contributed by atoms with Gasteiger partial charge in [-0.05, 0) is 36.8 Å². The van der Waals surface area contributed by atoms with E-state index in [-0.39, 0.29) is 29.7 Å². The molecule has 4 fully saturated rings. The van der Waals surface area contributed by atoms with Crippen molar-refractivity contribution in [3.63, 3.8) is 0 Å². The average Bonchev–Trinajstić information content (AvgIpc) is 3.30. The predicted octanol–water partition coefficient (Wildman–Crippen LogP) is 4.09. The molecular weight excluding hydrogens is 899 g/mol. The summed E-state index contributed by atoms with van der Waals surface area (Å²) in [6.45, 7) is 7.98. The number of benzene rings is 3. The summed E-state index contributed by atoms with van der Waals surface area (Å²) in [4.78, 5) is 110. The van der Waals surface area contributed by atoms with Crippen molar-refractivity contribution in [3.05, 3.63) is 108 Å². The van der Waals surface area contributed by atoms with Gasteiger partial charge in [0.1, 0.15) is 30.0 Å². The number of carbonyl (C=O) groups is 8. The number of hydrogen-bond donors (Lipinski definition) is 4. The van der Waals surface area contributed by atoms with Gasteiger partial charge < -0.3 is 49.1 Å². The van der Waals surface area contributed by atoms with Gasteiger partial charge in [0, 0.05) is 49.5 Å². The molecule has 18 heteroatoms. The third-order valence-corrected chi connectivity index (χ3v) is 14.8. The van der Waals surface area contributed by atoms with Crippen molar-refractivity contribution >= 4 is 47.5 Å². The summed E-state index contributed by atoms with van der Waals surface area (Å²) in [5.41, 5.74) is -7.51. The van der Waals surface area contributed by atoms with Crippen LogP contribution >= 0.6 is 0 Å². The van der Waals surface area contributed by atoms with Crippen LogP contribution in [0.3, 0.4) is 0 Å². The third-order valence-electron chi connectivity index (χ3n) is 14.8. The normalized spacial score (nSPS) is 31.7. The van der Waals surface area contributed by atoms with E-state index in [2.05, 4.69) is 5.32 Å². The third kappa shape index (κ3) is 9.24. The molecule has 3 saturated carbocycles. The van der Waals surface area contributed by atoms with Crippen molar-refractivity contribution in [3.8, 4) is 0 Å². The SMILES string of the molecule is CC(=O)O[C@H]1C(=O)[C@]2(C)[C@@H](O)C[C@H]3OCC3(OC(C)=O)[C@@H]2[C@@H](OC(=O)c2ccccc2)[C@]2(O)C[C@H](OC(=O)[C@H](OC(=O)CCC(=O)O)[C@@H](NC(=O)c3ccccc3)c3ccccc3)C(C)[C@@H]1C2(C)C. The number of aliphatic carboxylic acids is 1. The highest BCUT2D eigenvalue weighted by molar-refractivity contribution is 5.95. The maximum Gasteiger partial charge on any atom is 0.350 e. The van der Waals surface area contributed by atoms with E-state index in [4.69, 9.17) is 28.4 Å². The van der Waals surface area contributed by atoms with Crippen molar-refractivity contribution in [2.24, 2.45) is 28.6 Å². The summed E-state index contributed by atoms with van der Waals surface area (Å²) < 4.78 is 36.5. The van der Waals surface area contributed by atoms with E-state index in [9.17, 15) is 44.1 Å². The van der Waals surface area contributed by atoms with Gasteiger partial charge in [0.25, 0.3) is 5.91 Å². The molecule has 4 aliphatic rings. The molecule has 18 nitrogen and oxygen atoms in total. The molecule has 0 spiro atoms. The molecule has 3 aromatic carbocycles. The number of aliphatic hydroxyl groups excluding tert-OH is 1. The van der Waals surface area contributed by atoms with Crippen LogP contribution < -0.4 is 5.32 Å². The van der Waals surface area contributed by atoms with Gasteiger partial charge in [0.15, 0.2) is 17.5 Å². The summed E-state index contributed by atoms with van der Waals surface area (Å²) in [7, 11) is 0. The minimum absolute atomic E-state index is 0.0341. The first-order valence-electron chi connectivity index (χ1n) is 22.8. The van der Waals surface area contributed by atoms with Gasteiger partial charge in [0.2, 0.25) is 6.10 Å². The number of ether oxygens (including phenoxy) is 6. The number of carbonyl (C=O) groups excluding carboxylic acids is 7. The van der Waals surface area contributed by atoms with Crippen molar-refractivity contribution in [1.29, 1.82) is 0 Å². The van der Waals surface area contributed by atoms with Gasteiger partial charge in [-0.15, -0.1) is 0 Å². The van der Waals surface area contributed by atoms with Gasteiger partial charge in [-0.2, -0.15) is 0 Å². The smallest absolute Gasteiger partial charge is 0.350 e. The molecule has 2 unspecified atom stereocenters. The Hall–Kier alpha value is -6.50. The number of ketones is 1. The second-order valence-electron chi connectivity index (χ2n) is 19.2. The topological polar surface area (TPSA) is 265 Å². The highest BCUT2D eigenvalue weighted by Crippen LogP contribution is 2.65. The first-order chi connectivity index (χ1) is 32.6. The van der Waals surface area contributed by atoms with Crippen LogP contribution in [-0.4, -0.2) is 117 Å². The molecule has 1 heterocycles. The van der Waals surface area contributed by atoms with E-state index in [1.807, 2.05) is 0 Å². The highest BCUT2D eigenvalue weighted by atomic mass is 16.6. The van der Waals surface area contributed by atoms with Gasteiger partial charge in [0.05, 0.1) is 42.4 Å². The Bertz CT molecular complexity index is 2460. The lowest BCUT2D eigenvalue weighted by Gasteiger charge is -2.69. The van der Waals surface area contributed by atoms with Gasteiger partial charge in [-0.25, -0.2) is 9.59 Å². The van der Waals surface area contributed by atoms with Gasteiger partial charge in [-0.3, -0.25) is 28.8 Å². The fourth-order valence-electron chi connectivity index (χ4n) is 11.3. The second kappa shape index (κ2) is 19.5. The number of hydrogen-bond acceptors (Lipinski definition) is 16. The number of fused-ring (bicyclic) bond motifs is 5. The predicted molar refractivity (Wildman–Crippen MR) is 238 cm³/mol. The molecule has 0 aromatic heterocycles. The summed E-state index contributed by atoms with van der Waals surface area (Å²) >= 11 is 0. The van der Waals surface area contributed by atoms with E-state index in [1.54, 1.807) is 87.5 Å². The molecule has 0 radical (unpaired) electrons. The van der Waals surface area contributed by atoms with Gasteiger partial charge in [-0.1, -0.05) is 87.5 Å². The summed E-state index contributed by atoms with van der Waals surface area (Å²) in [5, 5.41) is 38.2. The Kier molecular flexibility index (Phi) is 14.2. The van der Waals surface area contributed by atoms with E-state index >= 15 is 9.59 Å². The van der Waals surface area contributed by atoms with E-state index in [0.29, 0.717) is 0 Å². The Morgan fingerprint density at radius 1 is 0.812 bits per heavy atom. The van der Waals surface area contributed by atoms with E-state index in [0.717, 1.165) is 13.8 Å². The molecule has 1 aliphatic heterocycles. The first kappa shape index (κ1) is 50.4. The van der Waals surface area contributed by atoms with Crippen LogP contribution in [0.2, 0.25) is 0 Å². The van der Waals surface area contributed by atoms with Crippen LogP contribution in [0.5, 0.6) is 0 Å². The van der Waals surface area contributed by atoms with Crippen molar-refractivity contribution in [1.82, 2.24) is 5.32 Å². The zero-order valence-electron chi connectivity index (χ0n) is 39.0. The molecule has 4 N–H and O–H groups in total. The zero-order valence-corrected chi connectivity index (χ0v) is 39.0. The molecule has 3 aliphatic carbocycles. The summed E-state index contributed by atoms with van der Waals surface area (Å²) in [5.74, 6) is -11.9. The van der Waals surface area contributed by atoms with Crippen LogP contribution in [0.1, 0.15) is 99.5 Å². The quantitative estimate of drug-likeness (QED) is 0.131. The van der Waals surface area contributed by atoms with E-state index in [1.165, 1.54) is 31.2 Å². The first-order valence-corrected chi connectivity index (χ1v) is 22.8. The molecule has 2 bridgehead atoms. The molecular formula is C51H57NO17.